The lowest BCUT2D eigenvalue weighted by molar-refractivity contribution is -0.143. The van der Waals surface area contributed by atoms with Crippen molar-refractivity contribution < 1.29 is 19.1 Å². The van der Waals surface area contributed by atoms with E-state index < -0.39 is 5.97 Å². The molecule has 0 saturated heterocycles. The van der Waals surface area contributed by atoms with Crippen LogP contribution in [0.15, 0.2) is 21.2 Å². The van der Waals surface area contributed by atoms with E-state index in [0.717, 1.165) is 10.5 Å². The molecule has 106 valence electrons. The predicted molar refractivity (Wildman–Crippen MR) is 71.2 cm³/mol. The van der Waals surface area contributed by atoms with Gasteiger partial charge in [0, 0.05) is 30.8 Å². The van der Waals surface area contributed by atoms with Crippen molar-refractivity contribution in [3.8, 4) is 11.5 Å². The van der Waals surface area contributed by atoms with Crippen LogP contribution in [-0.2, 0) is 16.0 Å². The lowest BCUT2D eigenvalue weighted by Gasteiger charge is -2.13. The number of carbonyl (C=O) groups is 2. The number of hydrogen-bond donors (Lipinski definition) is 1. The monoisotopic (exact) mass is 295 g/mol. The van der Waals surface area contributed by atoms with Crippen LogP contribution in [0.5, 0.6) is 0 Å². The summed E-state index contributed by atoms with van der Waals surface area (Å²) < 4.78 is 5.44. The van der Waals surface area contributed by atoms with Gasteiger partial charge in [-0.1, -0.05) is 0 Å². The summed E-state index contributed by atoms with van der Waals surface area (Å²) in [6.07, 6.45) is 0.426. The Morgan fingerprint density at radius 2 is 2.25 bits per heavy atom. The highest BCUT2D eigenvalue weighted by atomic mass is 32.1. The molecule has 7 nitrogen and oxygen atoms in total. The lowest BCUT2D eigenvalue weighted by atomic mass is 10.3. The molecule has 2 rings (SSSR count). The summed E-state index contributed by atoms with van der Waals surface area (Å²) in [6, 6.07) is 1.87. The molecule has 20 heavy (non-hydrogen) atoms. The topological polar surface area (TPSA) is 96.5 Å². The molecule has 2 aromatic heterocycles. The first-order valence-electron chi connectivity index (χ1n) is 5.87. The summed E-state index contributed by atoms with van der Waals surface area (Å²) in [4.78, 5) is 23.3. The molecular weight excluding hydrogens is 282 g/mol. The second-order valence-corrected chi connectivity index (χ2v) is 4.94. The van der Waals surface area contributed by atoms with Crippen LogP contribution in [0.25, 0.3) is 11.5 Å². The van der Waals surface area contributed by atoms with Crippen LogP contribution >= 0.6 is 11.3 Å². The van der Waals surface area contributed by atoms with E-state index in [1.54, 1.807) is 0 Å². The Morgan fingerprint density at radius 3 is 2.90 bits per heavy atom. The van der Waals surface area contributed by atoms with Crippen molar-refractivity contribution in [2.24, 2.45) is 0 Å². The van der Waals surface area contributed by atoms with Gasteiger partial charge in [-0.15, -0.1) is 10.2 Å². The SMILES string of the molecule is CN(CC(=O)O)C(=O)CCc1nnc(-c2ccsc2)o1. The van der Waals surface area contributed by atoms with E-state index in [0.29, 0.717) is 18.2 Å². The maximum Gasteiger partial charge on any atom is 0.323 e. The van der Waals surface area contributed by atoms with Crippen LogP contribution in [0.1, 0.15) is 12.3 Å². The largest absolute Gasteiger partial charge is 0.480 e. The average Bonchev–Trinajstić information content (AvgIpc) is 3.05. The number of aryl methyl sites for hydroxylation is 1. The number of aliphatic carboxylic acids is 1. The number of amides is 1. The first kappa shape index (κ1) is 14.2. The van der Waals surface area contributed by atoms with Gasteiger partial charge < -0.3 is 14.4 Å². The molecule has 2 aromatic rings. The number of hydrogen-bond acceptors (Lipinski definition) is 6. The fraction of sp³-hybridized carbons (Fsp3) is 0.333. The molecule has 0 aliphatic carbocycles. The second kappa shape index (κ2) is 6.29. The molecule has 1 N–H and O–H groups in total. The van der Waals surface area contributed by atoms with Crippen LogP contribution in [0, 0.1) is 0 Å². The van der Waals surface area contributed by atoms with Gasteiger partial charge in [-0.2, -0.15) is 11.3 Å². The molecule has 1 amide bonds. The highest BCUT2D eigenvalue weighted by Crippen LogP contribution is 2.20. The van der Waals surface area contributed by atoms with E-state index in [-0.39, 0.29) is 18.9 Å². The first-order valence-corrected chi connectivity index (χ1v) is 6.81. The standard InChI is InChI=1S/C12H13N3O4S/c1-15(6-11(17)18)10(16)3-2-9-13-14-12(19-9)8-4-5-20-7-8/h4-5,7H,2-3,6H2,1H3,(H,17,18). The van der Waals surface area contributed by atoms with Gasteiger partial charge in [0.05, 0.1) is 0 Å². The number of aromatic nitrogens is 2. The Hall–Kier alpha value is -2.22. The van der Waals surface area contributed by atoms with Crippen LogP contribution in [0.2, 0.25) is 0 Å². The van der Waals surface area contributed by atoms with E-state index in [2.05, 4.69) is 10.2 Å². The van der Waals surface area contributed by atoms with Crippen molar-refractivity contribution in [2.45, 2.75) is 12.8 Å². The Morgan fingerprint density at radius 1 is 1.45 bits per heavy atom. The van der Waals surface area contributed by atoms with Gasteiger partial charge in [0.1, 0.15) is 6.54 Å². The van der Waals surface area contributed by atoms with Gasteiger partial charge in [-0.3, -0.25) is 9.59 Å². The van der Waals surface area contributed by atoms with E-state index in [1.807, 2.05) is 16.8 Å². The van der Waals surface area contributed by atoms with Gasteiger partial charge in [-0.25, -0.2) is 0 Å². The number of thiophene rings is 1. The predicted octanol–water partition coefficient (Wildman–Crippen LogP) is 1.27. The minimum atomic E-state index is -1.04. The first-order chi connectivity index (χ1) is 9.56. The summed E-state index contributed by atoms with van der Waals surface area (Å²) in [7, 11) is 1.45. The molecule has 0 spiro atoms. The fourth-order valence-corrected chi connectivity index (χ4v) is 2.18. The molecule has 0 aliphatic heterocycles. The third-order valence-electron chi connectivity index (χ3n) is 2.59. The molecule has 0 radical (unpaired) electrons. The van der Waals surface area contributed by atoms with Crippen molar-refractivity contribution in [1.29, 1.82) is 0 Å². The van der Waals surface area contributed by atoms with E-state index in [4.69, 9.17) is 9.52 Å². The zero-order valence-electron chi connectivity index (χ0n) is 10.8. The zero-order valence-corrected chi connectivity index (χ0v) is 11.6. The van der Waals surface area contributed by atoms with Crippen LogP contribution < -0.4 is 0 Å². The molecule has 0 aliphatic rings. The van der Waals surface area contributed by atoms with Crippen LogP contribution in [0.3, 0.4) is 0 Å². The molecule has 0 atom stereocenters. The smallest absolute Gasteiger partial charge is 0.323 e. The van der Waals surface area contributed by atoms with E-state index >= 15 is 0 Å². The van der Waals surface area contributed by atoms with Gasteiger partial charge >= 0.3 is 5.97 Å². The third kappa shape index (κ3) is 3.64. The quantitative estimate of drug-likeness (QED) is 0.862. The average molecular weight is 295 g/mol. The molecule has 8 heteroatoms. The Balaban J connectivity index is 1.88. The molecule has 0 bridgehead atoms. The summed E-state index contributed by atoms with van der Waals surface area (Å²) in [5.74, 6) is -0.531. The van der Waals surface area contributed by atoms with Crippen molar-refractivity contribution in [1.82, 2.24) is 15.1 Å². The summed E-state index contributed by atoms with van der Waals surface area (Å²) in [6.45, 7) is -0.317. The maximum atomic E-state index is 11.7. The Kier molecular flexibility index (Phi) is 4.46. The number of carbonyl (C=O) groups excluding carboxylic acids is 1. The number of carboxylic acid groups (broad SMARTS) is 1. The van der Waals surface area contributed by atoms with E-state index in [9.17, 15) is 9.59 Å². The van der Waals surface area contributed by atoms with Gasteiger partial charge in [0.2, 0.25) is 17.7 Å². The van der Waals surface area contributed by atoms with E-state index in [1.165, 1.54) is 18.4 Å². The maximum absolute atomic E-state index is 11.7. The molecule has 0 aromatic carbocycles. The summed E-state index contributed by atoms with van der Waals surface area (Å²) in [5.41, 5.74) is 0.850. The number of carboxylic acids is 1. The van der Waals surface area contributed by atoms with Gasteiger partial charge in [0.25, 0.3) is 0 Å². The normalized spacial score (nSPS) is 10.4. The summed E-state index contributed by atoms with van der Waals surface area (Å²) >= 11 is 1.53. The third-order valence-corrected chi connectivity index (χ3v) is 3.27. The van der Waals surface area contributed by atoms with Crippen LogP contribution in [-0.4, -0.2) is 45.7 Å². The fourth-order valence-electron chi connectivity index (χ4n) is 1.55. The molecular formula is C12H13N3O4S. The highest BCUT2D eigenvalue weighted by Gasteiger charge is 2.14. The van der Waals surface area contributed by atoms with Crippen molar-refractivity contribution in [2.75, 3.05) is 13.6 Å². The Bertz CT molecular complexity index is 594. The number of rotatable bonds is 6. The minimum Gasteiger partial charge on any atom is -0.480 e. The minimum absolute atomic E-state index is 0.134. The number of likely N-dealkylation sites (N-methyl/N-ethyl adjacent to an activating group) is 1. The molecule has 0 saturated carbocycles. The van der Waals surface area contributed by atoms with Gasteiger partial charge in [-0.05, 0) is 11.4 Å². The molecule has 0 fully saturated rings. The molecule has 0 unspecified atom stereocenters. The lowest BCUT2D eigenvalue weighted by Crippen LogP contribution is -2.32. The summed E-state index contributed by atoms with van der Waals surface area (Å²) in [5, 5.41) is 20.2. The molecule has 2 heterocycles. The Labute approximate surface area is 118 Å². The van der Waals surface area contributed by atoms with Crippen molar-refractivity contribution in [3.05, 3.63) is 22.7 Å². The second-order valence-electron chi connectivity index (χ2n) is 4.16. The van der Waals surface area contributed by atoms with Gasteiger partial charge in [0.15, 0.2) is 0 Å². The van der Waals surface area contributed by atoms with Crippen molar-refractivity contribution in [3.63, 3.8) is 0 Å². The van der Waals surface area contributed by atoms with Crippen molar-refractivity contribution >= 4 is 23.2 Å². The number of nitrogens with zero attached hydrogens (tertiary/aromatic N) is 3. The van der Waals surface area contributed by atoms with Crippen LogP contribution in [0.4, 0.5) is 0 Å². The highest BCUT2D eigenvalue weighted by molar-refractivity contribution is 7.08. The zero-order chi connectivity index (χ0) is 14.5.